The number of ether oxygens (including phenoxy) is 1. The standard InChI is InChI=1S/C12H17N3O4/c1-2-19-11-9(4-3-6-13-11)8-15-12(18)14-7-5-10(16)17/h3-4,6H,2,5,7-8H2,1H3,(H,16,17)(H2,14,15,18). The molecule has 104 valence electrons. The lowest BCUT2D eigenvalue weighted by Crippen LogP contribution is -2.36. The van der Waals surface area contributed by atoms with E-state index < -0.39 is 12.0 Å². The lowest BCUT2D eigenvalue weighted by molar-refractivity contribution is -0.136. The van der Waals surface area contributed by atoms with E-state index >= 15 is 0 Å². The third-order valence-corrected chi connectivity index (χ3v) is 2.19. The molecule has 0 saturated carbocycles. The number of carboxylic acids is 1. The summed E-state index contributed by atoms with van der Waals surface area (Å²) in [5, 5.41) is 13.5. The second-order valence-electron chi connectivity index (χ2n) is 3.65. The first kappa shape index (κ1) is 14.7. The molecule has 3 N–H and O–H groups in total. The summed E-state index contributed by atoms with van der Waals surface area (Å²) in [7, 11) is 0. The fourth-order valence-electron chi connectivity index (χ4n) is 1.35. The Labute approximate surface area is 111 Å². The van der Waals surface area contributed by atoms with E-state index in [2.05, 4.69) is 15.6 Å². The average Bonchev–Trinajstić information content (AvgIpc) is 2.37. The molecule has 0 aliphatic heterocycles. The monoisotopic (exact) mass is 267 g/mol. The van der Waals surface area contributed by atoms with E-state index in [0.717, 1.165) is 5.56 Å². The average molecular weight is 267 g/mol. The number of amides is 2. The maximum Gasteiger partial charge on any atom is 0.315 e. The van der Waals surface area contributed by atoms with Crippen LogP contribution in [0.3, 0.4) is 0 Å². The Morgan fingerprint density at radius 1 is 1.42 bits per heavy atom. The van der Waals surface area contributed by atoms with Gasteiger partial charge in [-0.1, -0.05) is 6.07 Å². The SMILES string of the molecule is CCOc1ncccc1CNC(=O)NCCC(=O)O. The molecule has 0 unspecified atom stereocenters. The summed E-state index contributed by atoms with van der Waals surface area (Å²) in [5.41, 5.74) is 0.762. The lowest BCUT2D eigenvalue weighted by Gasteiger charge is -2.10. The Balaban J connectivity index is 2.39. The number of pyridine rings is 1. The first-order valence-electron chi connectivity index (χ1n) is 5.93. The third kappa shape index (κ3) is 5.71. The van der Waals surface area contributed by atoms with E-state index in [1.165, 1.54) is 0 Å². The van der Waals surface area contributed by atoms with Crippen molar-refractivity contribution < 1.29 is 19.4 Å². The van der Waals surface area contributed by atoms with Crippen molar-refractivity contribution in [1.82, 2.24) is 15.6 Å². The van der Waals surface area contributed by atoms with Gasteiger partial charge in [-0.3, -0.25) is 4.79 Å². The molecule has 0 bridgehead atoms. The highest BCUT2D eigenvalue weighted by Crippen LogP contribution is 2.13. The van der Waals surface area contributed by atoms with Gasteiger partial charge in [0.25, 0.3) is 0 Å². The minimum atomic E-state index is -0.953. The zero-order chi connectivity index (χ0) is 14.1. The third-order valence-electron chi connectivity index (χ3n) is 2.19. The van der Waals surface area contributed by atoms with Crippen LogP contribution in [-0.4, -0.2) is 35.2 Å². The summed E-state index contributed by atoms with van der Waals surface area (Å²) < 4.78 is 5.32. The van der Waals surface area contributed by atoms with E-state index in [0.29, 0.717) is 12.5 Å². The van der Waals surface area contributed by atoms with Gasteiger partial charge in [-0.05, 0) is 13.0 Å². The zero-order valence-corrected chi connectivity index (χ0v) is 10.7. The molecule has 1 aromatic heterocycles. The largest absolute Gasteiger partial charge is 0.481 e. The van der Waals surface area contributed by atoms with Crippen molar-refractivity contribution in [3.63, 3.8) is 0 Å². The fourth-order valence-corrected chi connectivity index (χ4v) is 1.35. The number of carboxylic acid groups (broad SMARTS) is 1. The number of urea groups is 1. The van der Waals surface area contributed by atoms with Gasteiger partial charge in [0.15, 0.2) is 0 Å². The predicted molar refractivity (Wildman–Crippen MR) is 67.9 cm³/mol. The Bertz CT molecular complexity index is 437. The number of aliphatic carboxylic acids is 1. The number of hydrogen-bond donors (Lipinski definition) is 3. The highest BCUT2D eigenvalue weighted by Gasteiger charge is 2.06. The smallest absolute Gasteiger partial charge is 0.315 e. The number of nitrogens with one attached hydrogen (secondary N) is 2. The van der Waals surface area contributed by atoms with Crippen molar-refractivity contribution in [1.29, 1.82) is 0 Å². The van der Waals surface area contributed by atoms with Crippen molar-refractivity contribution in [2.24, 2.45) is 0 Å². The normalized spacial score (nSPS) is 9.74. The molecule has 2 amide bonds. The molecule has 0 aromatic carbocycles. The summed E-state index contributed by atoms with van der Waals surface area (Å²) >= 11 is 0. The predicted octanol–water partition coefficient (Wildman–Crippen LogP) is 0.754. The van der Waals surface area contributed by atoms with Crippen molar-refractivity contribution >= 4 is 12.0 Å². The summed E-state index contributed by atoms with van der Waals surface area (Å²) in [6, 6.07) is 3.13. The van der Waals surface area contributed by atoms with Gasteiger partial charge >= 0.3 is 12.0 Å². The maximum atomic E-state index is 11.4. The van der Waals surface area contributed by atoms with E-state index in [1.54, 1.807) is 18.3 Å². The Morgan fingerprint density at radius 3 is 2.89 bits per heavy atom. The summed E-state index contributed by atoms with van der Waals surface area (Å²) in [5.74, 6) is -0.470. The van der Waals surface area contributed by atoms with Gasteiger partial charge in [0.05, 0.1) is 13.0 Å². The minimum Gasteiger partial charge on any atom is -0.481 e. The Hall–Kier alpha value is -2.31. The first-order chi connectivity index (χ1) is 9.13. The van der Waals surface area contributed by atoms with Crippen LogP contribution in [0.4, 0.5) is 4.79 Å². The molecule has 7 nitrogen and oxygen atoms in total. The molecule has 7 heteroatoms. The van der Waals surface area contributed by atoms with Gasteiger partial charge in [-0.15, -0.1) is 0 Å². The Kier molecular flexibility index (Phi) is 6.14. The molecule has 0 spiro atoms. The molecule has 0 fully saturated rings. The quantitative estimate of drug-likeness (QED) is 0.677. The Morgan fingerprint density at radius 2 is 2.21 bits per heavy atom. The van der Waals surface area contributed by atoms with E-state index in [4.69, 9.17) is 9.84 Å². The van der Waals surface area contributed by atoms with Crippen molar-refractivity contribution in [2.45, 2.75) is 19.9 Å². The minimum absolute atomic E-state index is 0.0898. The van der Waals surface area contributed by atoms with Crippen LogP contribution < -0.4 is 15.4 Å². The topological polar surface area (TPSA) is 101 Å². The van der Waals surface area contributed by atoms with Crippen LogP contribution >= 0.6 is 0 Å². The van der Waals surface area contributed by atoms with Crippen LogP contribution in [0.5, 0.6) is 5.88 Å². The lowest BCUT2D eigenvalue weighted by atomic mass is 10.2. The van der Waals surface area contributed by atoms with Crippen LogP contribution in [0.25, 0.3) is 0 Å². The molecule has 1 rings (SSSR count). The number of aromatic nitrogens is 1. The fraction of sp³-hybridized carbons (Fsp3) is 0.417. The van der Waals surface area contributed by atoms with Crippen molar-refractivity contribution in [2.75, 3.05) is 13.2 Å². The molecule has 0 aliphatic carbocycles. The van der Waals surface area contributed by atoms with Crippen molar-refractivity contribution in [3.05, 3.63) is 23.9 Å². The van der Waals surface area contributed by atoms with Gasteiger partial charge in [0, 0.05) is 24.8 Å². The van der Waals surface area contributed by atoms with E-state index in [9.17, 15) is 9.59 Å². The van der Waals surface area contributed by atoms with Crippen LogP contribution in [0.2, 0.25) is 0 Å². The van der Waals surface area contributed by atoms with Gasteiger partial charge in [0.1, 0.15) is 0 Å². The van der Waals surface area contributed by atoms with Gasteiger partial charge in [-0.25, -0.2) is 9.78 Å². The number of carbonyl (C=O) groups is 2. The maximum absolute atomic E-state index is 11.4. The second-order valence-corrected chi connectivity index (χ2v) is 3.65. The number of rotatable bonds is 7. The summed E-state index contributed by atoms with van der Waals surface area (Å²) in [6.45, 7) is 2.70. The zero-order valence-electron chi connectivity index (χ0n) is 10.7. The molecule has 0 saturated heterocycles. The molecule has 0 aliphatic rings. The van der Waals surface area contributed by atoms with E-state index in [1.807, 2.05) is 6.92 Å². The highest BCUT2D eigenvalue weighted by atomic mass is 16.5. The number of hydrogen-bond acceptors (Lipinski definition) is 4. The summed E-state index contributed by atoms with van der Waals surface area (Å²) in [4.78, 5) is 25.7. The van der Waals surface area contributed by atoms with Crippen molar-refractivity contribution in [3.8, 4) is 5.88 Å². The first-order valence-corrected chi connectivity index (χ1v) is 5.93. The van der Waals surface area contributed by atoms with Crippen LogP contribution in [-0.2, 0) is 11.3 Å². The molecule has 1 aromatic rings. The van der Waals surface area contributed by atoms with Gasteiger partial charge in [0.2, 0.25) is 5.88 Å². The molecule has 0 atom stereocenters. The molecule has 0 radical (unpaired) electrons. The highest BCUT2D eigenvalue weighted by molar-refractivity contribution is 5.75. The van der Waals surface area contributed by atoms with Gasteiger partial charge in [-0.2, -0.15) is 0 Å². The van der Waals surface area contributed by atoms with Crippen LogP contribution in [0.1, 0.15) is 18.9 Å². The number of nitrogens with zero attached hydrogens (tertiary/aromatic N) is 1. The molecule has 19 heavy (non-hydrogen) atoms. The second kappa shape index (κ2) is 7.91. The van der Waals surface area contributed by atoms with Crippen LogP contribution in [0.15, 0.2) is 18.3 Å². The summed E-state index contributed by atoms with van der Waals surface area (Å²) in [6.07, 6.45) is 1.51. The molecule has 1 heterocycles. The van der Waals surface area contributed by atoms with Crippen LogP contribution in [0, 0.1) is 0 Å². The molecular weight excluding hydrogens is 250 g/mol. The van der Waals surface area contributed by atoms with Gasteiger partial charge < -0.3 is 20.5 Å². The van der Waals surface area contributed by atoms with E-state index in [-0.39, 0.29) is 19.5 Å². The number of carbonyl (C=O) groups excluding carboxylic acids is 1. The molecular formula is C12H17N3O4.